The SMILES string of the molecule is COc1cc(-c2ccc3c(c2)oc2ccccc23)nc(-c2ccccc2O)n1. The fourth-order valence-electron chi connectivity index (χ4n) is 3.35. The molecule has 5 heteroatoms. The van der Waals surface area contributed by atoms with Crippen LogP contribution in [0.4, 0.5) is 0 Å². The van der Waals surface area contributed by atoms with Gasteiger partial charge in [0.1, 0.15) is 16.9 Å². The minimum absolute atomic E-state index is 0.120. The first-order valence-corrected chi connectivity index (χ1v) is 8.86. The standard InChI is InChI=1S/C23H16N2O3/c1-27-22-13-18(24-23(25-22)17-7-2-4-8-19(17)26)14-10-11-16-15-6-3-5-9-20(15)28-21(16)12-14/h2-13,26H,1H3. The molecule has 0 spiro atoms. The van der Waals surface area contributed by atoms with Crippen LogP contribution >= 0.6 is 0 Å². The first kappa shape index (κ1) is 16.3. The number of rotatable bonds is 3. The van der Waals surface area contributed by atoms with Crippen molar-refractivity contribution in [2.75, 3.05) is 7.11 Å². The highest BCUT2D eigenvalue weighted by Crippen LogP contribution is 2.34. The lowest BCUT2D eigenvalue weighted by atomic mass is 10.1. The molecule has 3 aromatic carbocycles. The maximum atomic E-state index is 10.2. The van der Waals surface area contributed by atoms with Gasteiger partial charge in [0.05, 0.1) is 18.4 Å². The predicted octanol–water partition coefficient (Wildman–Crippen LogP) is 5.42. The summed E-state index contributed by atoms with van der Waals surface area (Å²) in [5, 5.41) is 12.3. The first-order valence-electron chi connectivity index (χ1n) is 8.86. The van der Waals surface area contributed by atoms with E-state index in [9.17, 15) is 5.11 Å². The van der Waals surface area contributed by atoms with E-state index in [1.807, 2.05) is 48.5 Å². The van der Waals surface area contributed by atoms with E-state index in [-0.39, 0.29) is 5.75 Å². The molecule has 5 rings (SSSR count). The van der Waals surface area contributed by atoms with Crippen molar-refractivity contribution < 1.29 is 14.3 Å². The third-order valence-corrected chi connectivity index (χ3v) is 4.73. The van der Waals surface area contributed by atoms with Crippen molar-refractivity contribution in [2.24, 2.45) is 0 Å². The lowest BCUT2D eigenvalue weighted by Gasteiger charge is -2.09. The van der Waals surface area contributed by atoms with Crippen LogP contribution in [-0.2, 0) is 0 Å². The number of hydrogen-bond acceptors (Lipinski definition) is 5. The summed E-state index contributed by atoms with van der Waals surface area (Å²) in [6.07, 6.45) is 0. The molecule has 5 nitrogen and oxygen atoms in total. The molecule has 28 heavy (non-hydrogen) atoms. The summed E-state index contributed by atoms with van der Waals surface area (Å²) < 4.78 is 11.3. The van der Waals surface area contributed by atoms with Crippen LogP contribution in [0, 0.1) is 0 Å². The Balaban J connectivity index is 1.69. The van der Waals surface area contributed by atoms with Crippen LogP contribution in [0.25, 0.3) is 44.6 Å². The van der Waals surface area contributed by atoms with Crippen molar-refractivity contribution in [2.45, 2.75) is 0 Å². The average Bonchev–Trinajstić information content (AvgIpc) is 3.11. The molecule has 0 atom stereocenters. The zero-order valence-electron chi connectivity index (χ0n) is 15.1. The Morgan fingerprint density at radius 2 is 1.61 bits per heavy atom. The molecule has 5 aromatic rings. The highest BCUT2D eigenvalue weighted by Gasteiger charge is 2.14. The second-order valence-corrected chi connectivity index (χ2v) is 6.45. The number of furan rings is 1. The number of methoxy groups -OCH3 is 1. The van der Waals surface area contributed by atoms with Gasteiger partial charge in [-0.3, -0.25) is 0 Å². The lowest BCUT2D eigenvalue weighted by Crippen LogP contribution is -1.96. The second kappa shape index (κ2) is 6.39. The molecule has 0 saturated heterocycles. The molecule has 0 bridgehead atoms. The molecule has 0 aliphatic carbocycles. The molecule has 0 unspecified atom stereocenters. The van der Waals surface area contributed by atoms with Gasteiger partial charge in [0.15, 0.2) is 5.82 Å². The molecule has 1 N–H and O–H groups in total. The Kier molecular flexibility index (Phi) is 3.72. The fraction of sp³-hybridized carbons (Fsp3) is 0.0435. The van der Waals surface area contributed by atoms with Gasteiger partial charge in [-0.2, -0.15) is 4.98 Å². The Labute approximate surface area is 160 Å². The van der Waals surface area contributed by atoms with Crippen molar-refractivity contribution in [1.29, 1.82) is 0 Å². The summed E-state index contributed by atoms with van der Waals surface area (Å²) in [7, 11) is 1.56. The average molecular weight is 368 g/mol. The van der Waals surface area contributed by atoms with E-state index in [0.717, 1.165) is 27.5 Å². The highest BCUT2D eigenvalue weighted by molar-refractivity contribution is 6.05. The smallest absolute Gasteiger partial charge is 0.217 e. The van der Waals surface area contributed by atoms with Crippen LogP contribution in [-0.4, -0.2) is 22.2 Å². The quantitative estimate of drug-likeness (QED) is 0.460. The summed E-state index contributed by atoms with van der Waals surface area (Å²) >= 11 is 0. The predicted molar refractivity (Wildman–Crippen MR) is 108 cm³/mol. The van der Waals surface area contributed by atoms with Gasteiger partial charge >= 0.3 is 0 Å². The Hall–Kier alpha value is -3.86. The maximum absolute atomic E-state index is 10.2. The number of aromatic nitrogens is 2. The molecular weight excluding hydrogens is 352 g/mol. The molecule has 0 fully saturated rings. The first-order chi connectivity index (χ1) is 13.7. The van der Waals surface area contributed by atoms with Gasteiger partial charge < -0.3 is 14.3 Å². The van der Waals surface area contributed by atoms with Gasteiger partial charge in [0.2, 0.25) is 5.88 Å². The topological polar surface area (TPSA) is 68.4 Å². The minimum Gasteiger partial charge on any atom is -0.507 e. The van der Waals surface area contributed by atoms with E-state index in [2.05, 4.69) is 9.97 Å². The zero-order chi connectivity index (χ0) is 19.1. The minimum atomic E-state index is 0.120. The molecule has 0 saturated carbocycles. The van der Waals surface area contributed by atoms with Crippen molar-refractivity contribution in [3.63, 3.8) is 0 Å². The number of hydrogen-bond donors (Lipinski definition) is 1. The van der Waals surface area contributed by atoms with Gasteiger partial charge in [-0.15, -0.1) is 0 Å². The monoisotopic (exact) mass is 368 g/mol. The molecule has 2 aromatic heterocycles. The van der Waals surface area contributed by atoms with Crippen molar-refractivity contribution >= 4 is 21.9 Å². The number of benzene rings is 3. The number of ether oxygens (including phenoxy) is 1. The fourth-order valence-corrected chi connectivity index (χ4v) is 3.35. The summed E-state index contributed by atoms with van der Waals surface area (Å²) in [5.41, 5.74) is 3.76. The van der Waals surface area contributed by atoms with E-state index >= 15 is 0 Å². The summed E-state index contributed by atoms with van der Waals surface area (Å²) in [6, 6.07) is 22.7. The normalized spacial score (nSPS) is 11.2. The highest BCUT2D eigenvalue weighted by atomic mass is 16.5. The number of fused-ring (bicyclic) bond motifs is 3. The molecule has 0 aliphatic rings. The summed E-state index contributed by atoms with van der Waals surface area (Å²) in [6.45, 7) is 0. The van der Waals surface area contributed by atoms with Gasteiger partial charge in [-0.05, 0) is 30.3 Å². The summed E-state index contributed by atoms with van der Waals surface area (Å²) in [4.78, 5) is 9.04. The Morgan fingerprint density at radius 3 is 2.46 bits per heavy atom. The van der Waals surface area contributed by atoms with Crippen LogP contribution in [0.15, 0.2) is 77.2 Å². The third kappa shape index (κ3) is 2.65. The maximum Gasteiger partial charge on any atom is 0.217 e. The lowest BCUT2D eigenvalue weighted by molar-refractivity contribution is 0.397. The zero-order valence-corrected chi connectivity index (χ0v) is 15.1. The van der Waals surface area contributed by atoms with Crippen molar-refractivity contribution in [3.8, 4) is 34.3 Å². The number of aromatic hydroxyl groups is 1. The molecular formula is C23H16N2O3. The van der Waals surface area contributed by atoms with Crippen LogP contribution in [0.1, 0.15) is 0 Å². The molecule has 0 amide bonds. The van der Waals surface area contributed by atoms with Gasteiger partial charge in [0.25, 0.3) is 0 Å². The third-order valence-electron chi connectivity index (χ3n) is 4.73. The molecule has 0 radical (unpaired) electrons. The number of nitrogens with zero attached hydrogens (tertiary/aromatic N) is 2. The van der Waals surface area contributed by atoms with Crippen molar-refractivity contribution in [1.82, 2.24) is 9.97 Å². The van der Waals surface area contributed by atoms with E-state index < -0.39 is 0 Å². The van der Waals surface area contributed by atoms with E-state index in [1.165, 1.54) is 0 Å². The molecule has 2 heterocycles. The summed E-state index contributed by atoms with van der Waals surface area (Å²) in [5.74, 6) is 0.944. The van der Waals surface area contributed by atoms with E-state index in [0.29, 0.717) is 23.0 Å². The van der Waals surface area contributed by atoms with Gasteiger partial charge in [-0.25, -0.2) is 4.98 Å². The van der Waals surface area contributed by atoms with Crippen molar-refractivity contribution in [3.05, 3.63) is 72.8 Å². The molecule has 0 aliphatic heterocycles. The number of phenolic OH excluding ortho intramolecular Hbond substituents is 1. The van der Waals surface area contributed by atoms with Crippen LogP contribution < -0.4 is 4.74 Å². The second-order valence-electron chi connectivity index (χ2n) is 6.45. The molecule has 136 valence electrons. The van der Waals surface area contributed by atoms with Gasteiger partial charge in [0, 0.05) is 22.4 Å². The number of para-hydroxylation sites is 2. The van der Waals surface area contributed by atoms with Crippen LogP contribution in [0.5, 0.6) is 11.6 Å². The van der Waals surface area contributed by atoms with E-state index in [4.69, 9.17) is 9.15 Å². The van der Waals surface area contributed by atoms with Crippen LogP contribution in [0.2, 0.25) is 0 Å². The van der Waals surface area contributed by atoms with Crippen LogP contribution in [0.3, 0.4) is 0 Å². The Bertz CT molecular complexity index is 1320. The van der Waals surface area contributed by atoms with E-state index in [1.54, 1.807) is 31.4 Å². The largest absolute Gasteiger partial charge is 0.507 e. The Morgan fingerprint density at radius 1 is 0.821 bits per heavy atom. The number of phenols is 1. The van der Waals surface area contributed by atoms with Gasteiger partial charge in [-0.1, -0.05) is 36.4 Å².